The predicted molar refractivity (Wildman–Crippen MR) is 80.4 cm³/mol. The molecule has 7 nitrogen and oxygen atoms in total. The average Bonchev–Trinajstić information content (AvgIpc) is 3.01. The van der Waals surface area contributed by atoms with Crippen LogP contribution in [0.5, 0.6) is 0 Å². The van der Waals surface area contributed by atoms with Crippen molar-refractivity contribution in [3.63, 3.8) is 0 Å². The van der Waals surface area contributed by atoms with Crippen molar-refractivity contribution in [2.45, 2.75) is 45.6 Å². The van der Waals surface area contributed by atoms with Crippen LogP contribution in [0.4, 0.5) is 4.79 Å². The predicted octanol–water partition coefficient (Wildman–Crippen LogP) is 2.72. The fourth-order valence-electron chi connectivity index (χ4n) is 2.18. The largest absolute Gasteiger partial charge is 0.467 e. The molecule has 2 atom stereocenters. The second-order valence-corrected chi connectivity index (χ2v) is 6.28. The number of methoxy groups -OCH3 is 1. The van der Waals surface area contributed by atoms with Crippen LogP contribution in [0.1, 0.15) is 39.5 Å². The van der Waals surface area contributed by atoms with Gasteiger partial charge < -0.3 is 18.6 Å². The molecule has 2 amide bonds. The summed E-state index contributed by atoms with van der Waals surface area (Å²) in [7, 11) is 1.49. The molecule has 0 saturated carbocycles. The molecule has 0 bridgehead atoms. The Kier molecular flexibility index (Phi) is 5.11. The number of rotatable bonds is 6. The third-order valence-corrected chi connectivity index (χ3v) is 3.52. The van der Waals surface area contributed by atoms with Crippen molar-refractivity contribution >= 4 is 12.0 Å². The van der Waals surface area contributed by atoms with Crippen LogP contribution in [-0.2, 0) is 19.0 Å². The summed E-state index contributed by atoms with van der Waals surface area (Å²) in [5.41, 5.74) is 0. The van der Waals surface area contributed by atoms with Crippen molar-refractivity contribution in [1.82, 2.24) is 4.90 Å². The van der Waals surface area contributed by atoms with Crippen LogP contribution in [-0.4, -0.2) is 42.5 Å². The minimum Gasteiger partial charge on any atom is -0.467 e. The molecule has 0 spiro atoms. The number of imide groups is 1. The van der Waals surface area contributed by atoms with Gasteiger partial charge in [-0.05, 0) is 31.9 Å². The van der Waals surface area contributed by atoms with E-state index in [1.165, 1.54) is 13.4 Å². The van der Waals surface area contributed by atoms with Gasteiger partial charge in [-0.15, -0.1) is 0 Å². The molecular formula is C16H23NO6. The number of amides is 2. The second-order valence-electron chi connectivity index (χ2n) is 6.28. The van der Waals surface area contributed by atoms with Gasteiger partial charge in [0.05, 0.1) is 12.9 Å². The first-order chi connectivity index (χ1) is 10.8. The molecule has 2 heterocycles. The third kappa shape index (κ3) is 3.73. The highest BCUT2D eigenvalue weighted by atomic mass is 16.7. The lowest BCUT2D eigenvalue weighted by Gasteiger charge is -2.45. The molecule has 1 aliphatic rings. The van der Waals surface area contributed by atoms with Gasteiger partial charge in [0, 0.05) is 7.11 Å². The summed E-state index contributed by atoms with van der Waals surface area (Å²) in [6.45, 7) is 7.46. The smallest absolute Gasteiger partial charge is 0.417 e. The molecule has 1 aromatic rings. The third-order valence-electron chi connectivity index (χ3n) is 3.52. The van der Waals surface area contributed by atoms with Gasteiger partial charge in [-0.1, -0.05) is 13.8 Å². The lowest BCUT2D eigenvalue weighted by atomic mass is 9.95. The topological polar surface area (TPSA) is 78.2 Å². The summed E-state index contributed by atoms with van der Waals surface area (Å²) in [6.07, 6.45) is -0.0725. The van der Waals surface area contributed by atoms with Crippen molar-refractivity contribution < 1.29 is 28.2 Å². The van der Waals surface area contributed by atoms with Gasteiger partial charge >= 0.3 is 6.09 Å². The van der Waals surface area contributed by atoms with Gasteiger partial charge in [0.1, 0.15) is 11.8 Å². The van der Waals surface area contributed by atoms with E-state index >= 15 is 0 Å². The van der Waals surface area contributed by atoms with E-state index in [1.807, 2.05) is 13.8 Å². The van der Waals surface area contributed by atoms with E-state index in [-0.39, 0.29) is 12.5 Å². The highest BCUT2D eigenvalue weighted by molar-refractivity contribution is 6.01. The Hall–Kier alpha value is -1.86. The fraction of sp³-hybridized carbons (Fsp3) is 0.625. The van der Waals surface area contributed by atoms with E-state index < -0.39 is 29.9 Å². The molecule has 0 radical (unpaired) electrons. The van der Waals surface area contributed by atoms with Crippen LogP contribution in [0.2, 0.25) is 0 Å². The molecule has 1 aromatic heterocycles. The van der Waals surface area contributed by atoms with Crippen molar-refractivity contribution in [2.24, 2.45) is 5.92 Å². The Balaban J connectivity index is 2.16. The second kappa shape index (κ2) is 6.72. The van der Waals surface area contributed by atoms with E-state index in [2.05, 4.69) is 0 Å². The zero-order valence-electron chi connectivity index (χ0n) is 14.1. The minimum atomic E-state index is -0.959. The number of hydrogen-bond donors (Lipinski definition) is 0. The SMILES string of the molecule is COC(C)(C)O[C@H]1C(=O)N(C(=O)OCC(C)C)[C@H]1c1ccco1. The summed E-state index contributed by atoms with van der Waals surface area (Å²) in [4.78, 5) is 25.6. The van der Waals surface area contributed by atoms with Crippen molar-refractivity contribution in [3.05, 3.63) is 24.2 Å². The van der Waals surface area contributed by atoms with Crippen LogP contribution in [0.25, 0.3) is 0 Å². The summed E-state index contributed by atoms with van der Waals surface area (Å²) in [6, 6.07) is 2.72. The Labute approximate surface area is 135 Å². The maximum atomic E-state index is 12.4. The van der Waals surface area contributed by atoms with E-state index in [0.717, 1.165) is 4.90 Å². The maximum Gasteiger partial charge on any atom is 0.417 e. The Morgan fingerprint density at radius 3 is 2.65 bits per heavy atom. The lowest BCUT2D eigenvalue weighted by molar-refractivity contribution is -0.252. The molecule has 2 rings (SSSR count). The van der Waals surface area contributed by atoms with Crippen molar-refractivity contribution in [3.8, 4) is 0 Å². The summed E-state index contributed by atoms with van der Waals surface area (Å²) in [5.74, 6) is -0.788. The number of furan rings is 1. The van der Waals surface area contributed by atoms with Gasteiger partial charge in [-0.2, -0.15) is 0 Å². The normalized spacial score (nSPS) is 21.5. The Morgan fingerprint density at radius 1 is 1.43 bits per heavy atom. The van der Waals surface area contributed by atoms with E-state index in [1.54, 1.807) is 26.0 Å². The van der Waals surface area contributed by atoms with Crippen LogP contribution in [0.3, 0.4) is 0 Å². The number of ether oxygens (including phenoxy) is 3. The molecule has 0 N–H and O–H groups in total. The molecular weight excluding hydrogens is 302 g/mol. The summed E-state index contributed by atoms with van der Waals surface area (Å²) >= 11 is 0. The molecule has 1 saturated heterocycles. The zero-order valence-corrected chi connectivity index (χ0v) is 14.1. The Morgan fingerprint density at radius 2 is 2.13 bits per heavy atom. The molecule has 128 valence electrons. The first-order valence-electron chi connectivity index (χ1n) is 7.53. The van der Waals surface area contributed by atoms with Crippen LogP contribution >= 0.6 is 0 Å². The number of β-lactam (4-membered cyclic amide) rings is 1. The maximum absolute atomic E-state index is 12.4. The highest BCUT2D eigenvalue weighted by Gasteiger charge is 2.56. The monoisotopic (exact) mass is 325 g/mol. The summed E-state index contributed by atoms with van der Waals surface area (Å²) in [5, 5.41) is 0. The number of hydrogen-bond acceptors (Lipinski definition) is 6. The fourth-order valence-corrected chi connectivity index (χ4v) is 2.18. The molecule has 23 heavy (non-hydrogen) atoms. The van der Waals surface area contributed by atoms with Gasteiger partial charge in [-0.3, -0.25) is 4.79 Å². The Bertz CT molecular complexity index is 551. The van der Waals surface area contributed by atoms with Crippen LogP contribution in [0.15, 0.2) is 22.8 Å². The highest BCUT2D eigenvalue weighted by Crippen LogP contribution is 2.39. The summed E-state index contributed by atoms with van der Waals surface area (Å²) < 4.78 is 21.4. The molecule has 0 aliphatic carbocycles. The minimum absolute atomic E-state index is 0.178. The quantitative estimate of drug-likeness (QED) is 0.591. The molecule has 0 unspecified atom stereocenters. The average molecular weight is 325 g/mol. The lowest BCUT2D eigenvalue weighted by Crippen LogP contribution is -2.63. The first kappa shape index (κ1) is 17.5. The van der Waals surface area contributed by atoms with Gasteiger partial charge in [0.15, 0.2) is 11.9 Å². The number of carbonyl (C=O) groups excluding carboxylic acids is 2. The number of likely N-dealkylation sites (tertiary alicyclic amines) is 1. The first-order valence-corrected chi connectivity index (χ1v) is 7.53. The van der Waals surface area contributed by atoms with Crippen molar-refractivity contribution in [2.75, 3.05) is 13.7 Å². The van der Waals surface area contributed by atoms with Crippen LogP contribution < -0.4 is 0 Å². The van der Waals surface area contributed by atoms with Gasteiger partial charge in [0.25, 0.3) is 5.91 Å². The van der Waals surface area contributed by atoms with Gasteiger partial charge in [0.2, 0.25) is 0 Å². The molecule has 0 aromatic carbocycles. The van der Waals surface area contributed by atoms with E-state index in [0.29, 0.717) is 5.76 Å². The van der Waals surface area contributed by atoms with E-state index in [4.69, 9.17) is 18.6 Å². The molecule has 1 fully saturated rings. The van der Waals surface area contributed by atoms with Crippen LogP contribution in [0, 0.1) is 5.92 Å². The molecule has 1 aliphatic heterocycles. The molecule has 7 heteroatoms. The number of carbonyl (C=O) groups is 2. The van der Waals surface area contributed by atoms with Gasteiger partial charge in [-0.25, -0.2) is 9.69 Å². The standard InChI is InChI=1S/C16H23NO6/c1-10(2)9-22-15(19)17-12(11-7-6-8-21-11)13(14(17)18)23-16(3,4)20-5/h6-8,10,12-13H,9H2,1-5H3/t12-,13+/m0/s1. The van der Waals surface area contributed by atoms with E-state index in [9.17, 15) is 9.59 Å². The van der Waals surface area contributed by atoms with Crippen molar-refractivity contribution in [1.29, 1.82) is 0 Å². The zero-order chi connectivity index (χ0) is 17.2. The number of nitrogens with zero attached hydrogens (tertiary/aromatic N) is 1.